The summed E-state index contributed by atoms with van der Waals surface area (Å²) in [6, 6.07) is 6.04. The molecule has 2 heterocycles. The number of carbonyl (C=O) groups is 2. The second-order valence-corrected chi connectivity index (χ2v) is 7.87. The summed E-state index contributed by atoms with van der Waals surface area (Å²) in [6.07, 6.45) is 3.68. The Morgan fingerprint density at radius 2 is 2.04 bits per heavy atom. The molecule has 1 atom stereocenters. The quantitative estimate of drug-likeness (QED) is 0.873. The first kappa shape index (κ1) is 17.1. The summed E-state index contributed by atoms with van der Waals surface area (Å²) in [4.78, 5) is 26.3. The van der Waals surface area contributed by atoms with Gasteiger partial charge in [-0.1, -0.05) is 29.9 Å². The van der Waals surface area contributed by atoms with Crippen molar-refractivity contribution in [2.24, 2.45) is 5.92 Å². The molecular weight excluding hydrogens is 355 g/mol. The molecular formula is C18H19FN4O2S. The second kappa shape index (κ2) is 7.11. The predicted octanol–water partition coefficient (Wildman–Crippen LogP) is 2.93. The van der Waals surface area contributed by atoms with Crippen LogP contribution in [0.15, 0.2) is 24.3 Å². The number of aromatic nitrogens is 2. The molecule has 2 fully saturated rings. The van der Waals surface area contributed by atoms with E-state index >= 15 is 0 Å². The molecule has 8 heteroatoms. The van der Waals surface area contributed by atoms with Crippen molar-refractivity contribution in [1.29, 1.82) is 0 Å². The lowest BCUT2D eigenvalue weighted by Crippen LogP contribution is -2.28. The number of rotatable bonds is 5. The third-order valence-corrected chi connectivity index (χ3v) is 6.00. The molecule has 1 aromatic carbocycles. The fourth-order valence-electron chi connectivity index (χ4n) is 3.22. The highest BCUT2D eigenvalue weighted by Crippen LogP contribution is 2.38. The normalized spacial score (nSPS) is 20.3. The summed E-state index contributed by atoms with van der Waals surface area (Å²) >= 11 is 1.42. The van der Waals surface area contributed by atoms with E-state index in [9.17, 15) is 14.0 Å². The van der Waals surface area contributed by atoms with Crippen LogP contribution >= 0.6 is 11.3 Å². The van der Waals surface area contributed by atoms with Crippen molar-refractivity contribution in [2.75, 3.05) is 11.9 Å². The van der Waals surface area contributed by atoms with E-state index in [-0.39, 0.29) is 24.1 Å². The SMILES string of the molecule is O=C(Nc1nnc(C2CCC2)s1)[C@@H]1CC(=O)N(Cc2ccc(F)cc2)C1. The molecule has 0 spiro atoms. The van der Waals surface area contributed by atoms with Gasteiger partial charge in [0.15, 0.2) is 0 Å². The van der Waals surface area contributed by atoms with Crippen molar-refractivity contribution < 1.29 is 14.0 Å². The molecule has 136 valence electrons. The summed E-state index contributed by atoms with van der Waals surface area (Å²) < 4.78 is 13.0. The minimum absolute atomic E-state index is 0.0677. The number of nitrogens with zero attached hydrogens (tertiary/aromatic N) is 3. The van der Waals surface area contributed by atoms with Crippen molar-refractivity contribution in [2.45, 2.75) is 38.1 Å². The van der Waals surface area contributed by atoms with E-state index < -0.39 is 5.92 Å². The average Bonchev–Trinajstić information content (AvgIpc) is 3.15. The zero-order chi connectivity index (χ0) is 18.1. The van der Waals surface area contributed by atoms with E-state index in [1.54, 1.807) is 17.0 Å². The molecule has 2 aromatic rings. The molecule has 1 aliphatic carbocycles. The fraction of sp³-hybridized carbons (Fsp3) is 0.444. The molecule has 1 aliphatic heterocycles. The summed E-state index contributed by atoms with van der Waals surface area (Å²) in [5.41, 5.74) is 0.843. The third-order valence-electron chi connectivity index (χ3n) is 5.00. The molecule has 1 aromatic heterocycles. The lowest BCUT2D eigenvalue weighted by molar-refractivity contribution is -0.128. The van der Waals surface area contributed by atoms with Gasteiger partial charge in [0.25, 0.3) is 0 Å². The van der Waals surface area contributed by atoms with Crippen LogP contribution in [0.25, 0.3) is 0 Å². The van der Waals surface area contributed by atoms with Gasteiger partial charge in [-0.25, -0.2) is 4.39 Å². The maximum absolute atomic E-state index is 13.0. The Morgan fingerprint density at radius 3 is 2.73 bits per heavy atom. The van der Waals surface area contributed by atoms with E-state index in [4.69, 9.17) is 0 Å². The van der Waals surface area contributed by atoms with Gasteiger partial charge in [-0.15, -0.1) is 10.2 Å². The summed E-state index contributed by atoms with van der Waals surface area (Å²) in [6.45, 7) is 0.740. The Labute approximate surface area is 154 Å². The number of halogens is 1. The maximum Gasteiger partial charge on any atom is 0.231 e. The van der Waals surface area contributed by atoms with Gasteiger partial charge >= 0.3 is 0 Å². The maximum atomic E-state index is 13.0. The first-order chi connectivity index (χ1) is 12.6. The van der Waals surface area contributed by atoms with Crippen LogP contribution in [0.2, 0.25) is 0 Å². The number of amides is 2. The third kappa shape index (κ3) is 3.60. The summed E-state index contributed by atoms with van der Waals surface area (Å²) in [5, 5.41) is 12.5. The Balaban J connectivity index is 1.34. The molecule has 2 aliphatic rings. The molecule has 0 radical (unpaired) electrons. The van der Waals surface area contributed by atoms with E-state index in [0.717, 1.165) is 23.4 Å². The molecule has 26 heavy (non-hydrogen) atoms. The monoisotopic (exact) mass is 374 g/mol. The van der Waals surface area contributed by atoms with Crippen molar-refractivity contribution in [3.63, 3.8) is 0 Å². The number of carbonyl (C=O) groups excluding carboxylic acids is 2. The van der Waals surface area contributed by atoms with E-state index in [1.165, 1.54) is 29.9 Å². The highest BCUT2D eigenvalue weighted by atomic mass is 32.1. The standard InChI is InChI=1S/C18H19FN4O2S/c19-14-6-4-11(5-7-14)9-23-10-13(8-15(23)24)16(25)20-18-22-21-17(26-18)12-2-1-3-12/h4-7,12-13H,1-3,8-10H2,(H,20,22,25)/t13-/m1/s1. The van der Waals surface area contributed by atoms with Gasteiger partial charge in [0.05, 0.1) is 5.92 Å². The molecule has 6 nitrogen and oxygen atoms in total. The highest BCUT2D eigenvalue weighted by Gasteiger charge is 2.35. The molecule has 4 rings (SSSR count). The van der Waals surface area contributed by atoms with Gasteiger partial charge in [0.2, 0.25) is 16.9 Å². The predicted molar refractivity (Wildman–Crippen MR) is 95.1 cm³/mol. The zero-order valence-electron chi connectivity index (χ0n) is 14.2. The number of anilines is 1. The Bertz CT molecular complexity index is 819. The molecule has 0 bridgehead atoms. The first-order valence-corrected chi connectivity index (χ1v) is 9.56. The van der Waals surface area contributed by atoms with Gasteiger partial charge in [0, 0.05) is 25.4 Å². The van der Waals surface area contributed by atoms with E-state index in [0.29, 0.717) is 24.1 Å². The lowest BCUT2D eigenvalue weighted by atomic mass is 9.86. The Hall–Kier alpha value is -2.35. The Kier molecular flexibility index (Phi) is 4.67. The highest BCUT2D eigenvalue weighted by molar-refractivity contribution is 7.15. The lowest BCUT2D eigenvalue weighted by Gasteiger charge is -2.21. The van der Waals surface area contributed by atoms with Crippen LogP contribution in [0.3, 0.4) is 0 Å². The average molecular weight is 374 g/mol. The van der Waals surface area contributed by atoms with Crippen molar-refractivity contribution in [3.8, 4) is 0 Å². The van der Waals surface area contributed by atoms with Crippen LogP contribution < -0.4 is 5.32 Å². The number of nitrogens with one attached hydrogen (secondary N) is 1. The van der Waals surface area contributed by atoms with Gasteiger partial charge in [-0.3, -0.25) is 9.59 Å². The molecule has 1 N–H and O–H groups in total. The summed E-state index contributed by atoms with van der Waals surface area (Å²) in [5.74, 6) is -0.494. The van der Waals surface area contributed by atoms with Crippen LogP contribution in [0.1, 0.15) is 42.2 Å². The van der Waals surface area contributed by atoms with E-state index in [1.807, 2.05) is 0 Å². The topological polar surface area (TPSA) is 75.2 Å². The smallest absolute Gasteiger partial charge is 0.231 e. The zero-order valence-corrected chi connectivity index (χ0v) is 15.0. The van der Waals surface area contributed by atoms with Gasteiger partial charge in [-0.2, -0.15) is 0 Å². The van der Waals surface area contributed by atoms with Crippen LogP contribution in [-0.2, 0) is 16.1 Å². The molecule has 0 unspecified atom stereocenters. The second-order valence-electron chi connectivity index (χ2n) is 6.86. The van der Waals surface area contributed by atoms with Crippen LogP contribution in [0.5, 0.6) is 0 Å². The fourth-order valence-corrected chi connectivity index (χ4v) is 4.14. The van der Waals surface area contributed by atoms with Crippen LogP contribution in [-0.4, -0.2) is 33.5 Å². The molecule has 1 saturated heterocycles. The Morgan fingerprint density at radius 1 is 1.27 bits per heavy atom. The van der Waals surface area contributed by atoms with Crippen molar-refractivity contribution in [1.82, 2.24) is 15.1 Å². The van der Waals surface area contributed by atoms with E-state index in [2.05, 4.69) is 15.5 Å². The molecule has 2 amide bonds. The van der Waals surface area contributed by atoms with Gasteiger partial charge in [-0.05, 0) is 30.5 Å². The molecule has 1 saturated carbocycles. The number of benzene rings is 1. The number of hydrogen-bond donors (Lipinski definition) is 1. The number of hydrogen-bond acceptors (Lipinski definition) is 5. The van der Waals surface area contributed by atoms with Crippen molar-refractivity contribution >= 4 is 28.3 Å². The largest absolute Gasteiger partial charge is 0.338 e. The summed E-state index contributed by atoms with van der Waals surface area (Å²) in [7, 11) is 0. The minimum atomic E-state index is -0.404. The van der Waals surface area contributed by atoms with Gasteiger partial charge in [0.1, 0.15) is 10.8 Å². The van der Waals surface area contributed by atoms with Crippen LogP contribution in [0, 0.1) is 11.7 Å². The minimum Gasteiger partial charge on any atom is -0.338 e. The van der Waals surface area contributed by atoms with Gasteiger partial charge < -0.3 is 10.2 Å². The van der Waals surface area contributed by atoms with Crippen LogP contribution in [0.4, 0.5) is 9.52 Å². The van der Waals surface area contributed by atoms with Crippen molar-refractivity contribution in [3.05, 3.63) is 40.7 Å². The number of likely N-dealkylation sites (tertiary alicyclic amines) is 1. The first-order valence-electron chi connectivity index (χ1n) is 8.75.